The molecule has 4 rings (SSSR count). The Labute approximate surface area is 233 Å². The summed E-state index contributed by atoms with van der Waals surface area (Å²) in [6, 6.07) is 23.3. The molecule has 0 spiro atoms. The van der Waals surface area contributed by atoms with Gasteiger partial charge in [-0.05, 0) is 62.9 Å². The molecular formula is C31H33N3O6. The SMILES string of the molecule is CC(C)(C)OC(=O)C1CCC(c2ccccc2)(c2ccccc2)N1C(=O)CNC(=O)Nc1cccc(C(=O)O)c1. The Bertz CT molecular complexity index is 1350. The number of urea groups is 1. The number of rotatable bonds is 7. The molecule has 0 aliphatic carbocycles. The Morgan fingerprint density at radius 3 is 2.08 bits per heavy atom. The largest absolute Gasteiger partial charge is 0.478 e. The van der Waals surface area contributed by atoms with Crippen LogP contribution in [0, 0.1) is 0 Å². The summed E-state index contributed by atoms with van der Waals surface area (Å²) in [5.74, 6) is -2.10. The molecule has 0 saturated carbocycles. The number of carboxylic acid groups (broad SMARTS) is 1. The molecule has 3 amide bonds. The first-order valence-corrected chi connectivity index (χ1v) is 13.1. The predicted molar refractivity (Wildman–Crippen MR) is 150 cm³/mol. The van der Waals surface area contributed by atoms with Gasteiger partial charge in [0.2, 0.25) is 5.91 Å². The number of amides is 3. The van der Waals surface area contributed by atoms with Crippen molar-refractivity contribution in [1.82, 2.24) is 10.2 Å². The molecule has 1 atom stereocenters. The second-order valence-electron chi connectivity index (χ2n) is 10.6. The Morgan fingerprint density at radius 1 is 0.925 bits per heavy atom. The highest BCUT2D eigenvalue weighted by atomic mass is 16.6. The highest BCUT2D eigenvalue weighted by molar-refractivity contribution is 5.95. The van der Waals surface area contributed by atoms with Crippen molar-refractivity contribution in [1.29, 1.82) is 0 Å². The first kappa shape index (κ1) is 28.4. The van der Waals surface area contributed by atoms with Gasteiger partial charge < -0.3 is 25.4 Å². The van der Waals surface area contributed by atoms with Crippen LogP contribution in [0.1, 0.15) is 55.1 Å². The summed E-state index contributed by atoms with van der Waals surface area (Å²) in [4.78, 5) is 52.9. The standard InChI is InChI=1S/C31H33N3O6/c1-30(2,3)40-28(38)25-17-18-31(22-12-6-4-7-13-22,23-14-8-5-9-15-23)34(25)26(35)20-32-29(39)33-24-16-10-11-21(19-24)27(36)37/h4-16,19,25H,17-18,20H2,1-3H3,(H,36,37)(H2,32,33,39). The average Bonchev–Trinajstić information content (AvgIpc) is 3.34. The fourth-order valence-electron chi connectivity index (χ4n) is 5.15. The second kappa shape index (κ2) is 11.6. The Morgan fingerprint density at radius 2 is 1.52 bits per heavy atom. The third-order valence-corrected chi connectivity index (χ3v) is 6.72. The van der Waals surface area contributed by atoms with Gasteiger partial charge in [-0.25, -0.2) is 14.4 Å². The van der Waals surface area contributed by atoms with E-state index in [2.05, 4.69) is 10.6 Å². The Hall–Kier alpha value is -4.66. The number of hydrogen-bond acceptors (Lipinski definition) is 5. The van der Waals surface area contributed by atoms with Crippen molar-refractivity contribution in [3.8, 4) is 0 Å². The van der Waals surface area contributed by atoms with E-state index in [-0.39, 0.29) is 11.3 Å². The zero-order chi connectivity index (χ0) is 28.9. The number of carbonyl (C=O) groups excluding carboxylic acids is 3. The maximum absolute atomic E-state index is 14.0. The molecule has 1 fully saturated rings. The third kappa shape index (κ3) is 6.14. The van der Waals surface area contributed by atoms with Gasteiger partial charge >= 0.3 is 18.0 Å². The fraction of sp³-hybridized carbons (Fsp3) is 0.290. The van der Waals surface area contributed by atoms with Gasteiger partial charge in [-0.1, -0.05) is 66.7 Å². The van der Waals surface area contributed by atoms with Crippen molar-refractivity contribution in [2.75, 3.05) is 11.9 Å². The average molecular weight is 544 g/mol. The van der Waals surface area contributed by atoms with Crippen LogP contribution in [-0.2, 0) is 19.9 Å². The number of ether oxygens (including phenoxy) is 1. The lowest BCUT2D eigenvalue weighted by Gasteiger charge is -2.42. The summed E-state index contributed by atoms with van der Waals surface area (Å²) in [6.45, 7) is 4.93. The molecule has 3 aromatic rings. The van der Waals surface area contributed by atoms with Crippen LogP contribution in [0.15, 0.2) is 84.9 Å². The minimum absolute atomic E-state index is 0.0154. The summed E-state index contributed by atoms with van der Waals surface area (Å²) < 4.78 is 5.72. The zero-order valence-corrected chi connectivity index (χ0v) is 22.7. The molecule has 3 N–H and O–H groups in total. The van der Waals surface area contributed by atoms with Gasteiger partial charge in [0.15, 0.2) is 0 Å². The van der Waals surface area contributed by atoms with Crippen molar-refractivity contribution in [2.45, 2.75) is 50.8 Å². The van der Waals surface area contributed by atoms with E-state index in [4.69, 9.17) is 4.74 Å². The normalized spacial score (nSPS) is 16.2. The smallest absolute Gasteiger partial charge is 0.335 e. The summed E-state index contributed by atoms with van der Waals surface area (Å²) in [6.07, 6.45) is 0.851. The number of aromatic carboxylic acids is 1. The summed E-state index contributed by atoms with van der Waals surface area (Å²) >= 11 is 0. The molecule has 40 heavy (non-hydrogen) atoms. The number of benzene rings is 3. The van der Waals surface area contributed by atoms with Crippen LogP contribution in [0.2, 0.25) is 0 Å². The monoisotopic (exact) mass is 543 g/mol. The number of anilines is 1. The van der Waals surface area contributed by atoms with Crippen LogP contribution in [0.25, 0.3) is 0 Å². The molecule has 0 radical (unpaired) electrons. The maximum Gasteiger partial charge on any atom is 0.335 e. The Kier molecular flexibility index (Phi) is 8.23. The van der Waals surface area contributed by atoms with Crippen molar-refractivity contribution < 1.29 is 29.0 Å². The highest BCUT2D eigenvalue weighted by Gasteiger charge is 2.54. The topological polar surface area (TPSA) is 125 Å². The van der Waals surface area contributed by atoms with Crippen molar-refractivity contribution in [3.63, 3.8) is 0 Å². The van der Waals surface area contributed by atoms with E-state index in [0.717, 1.165) is 11.1 Å². The van der Waals surface area contributed by atoms with Gasteiger partial charge in [-0.2, -0.15) is 0 Å². The number of carboxylic acids is 1. The van der Waals surface area contributed by atoms with E-state index in [1.807, 2.05) is 60.7 Å². The quantitative estimate of drug-likeness (QED) is 0.368. The fourth-order valence-corrected chi connectivity index (χ4v) is 5.15. The number of nitrogens with one attached hydrogen (secondary N) is 2. The van der Waals surface area contributed by atoms with E-state index in [1.165, 1.54) is 18.2 Å². The van der Waals surface area contributed by atoms with Gasteiger partial charge in [0.1, 0.15) is 11.6 Å². The van der Waals surface area contributed by atoms with Crippen LogP contribution >= 0.6 is 0 Å². The van der Waals surface area contributed by atoms with Gasteiger partial charge in [-0.15, -0.1) is 0 Å². The first-order chi connectivity index (χ1) is 19.0. The molecule has 1 heterocycles. The maximum atomic E-state index is 14.0. The van der Waals surface area contributed by atoms with Crippen molar-refractivity contribution in [3.05, 3.63) is 102 Å². The van der Waals surface area contributed by atoms with Gasteiger partial charge in [0, 0.05) is 5.69 Å². The van der Waals surface area contributed by atoms with E-state index < -0.39 is 47.6 Å². The zero-order valence-electron chi connectivity index (χ0n) is 22.7. The summed E-state index contributed by atoms with van der Waals surface area (Å²) in [5, 5.41) is 14.3. The molecule has 9 nitrogen and oxygen atoms in total. The number of carbonyl (C=O) groups is 4. The number of esters is 1. The lowest BCUT2D eigenvalue weighted by atomic mass is 9.80. The molecule has 9 heteroatoms. The Balaban J connectivity index is 1.65. The lowest BCUT2D eigenvalue weighted by Crippen LogP contribution is -2.55. The first-order valence-electron chi connectivity index (χ1n) is 13.1. The highest BCUT2D eigenvalue weighted by Crippen LogP contribution is 2.47. The molecule has 0 aromatic heterocycles. The van der Waals surface area contributed by atoms with Crippen molar-refractivity contribution in [2.24, 2.45) is 0 Å². The van der Waals surface area contributed by atoms with E-state index in [9.17, 15) is 24.3 Å². The number of hydrogen-bond donors (Lipinski definition) is 3. The minimum atomic E-state index is -1.13. The van der Waals surface area contributed by atoms with E-state index >= 15 is 0 Å². The minimum Gasteiger partial charge on any atom is -0.478 e. The molecule has 3 aromatic carbocycles. The van der Waals surface area contributed by atoms with Crippen LogP contribution in [0.5, 0.6) is 0 Å². The molecule has 1 aliphatic heterocycles. The van der Waals surface area contributed by atoms with Crippen LogP contribution in [0.4, 0.5) is 10.5 Å². The number of likely N-dealkylation sites (tertiary alicyclic amines) is 1. The molecule has 208 valence electrons. The van der Waals surface area contributed by atoms with Crippen LogP contribution < -0.4 is 10.6 Å². The van der Waals surface area contributed by atoms with Gasteiger partial charge in [-0.3, -0.25) is 4.79 Å². The van der Waals surface area contributed by atoms with Crippen LogP contribution in [0.3, 0.4) is 0 Å². The van der Waals surface area contributed by atoms with E-state index in [1.54, 1.807) is 31.7 Å². The van der Waals surface area contributed by atoms with Crippen LogP contribution in [-0.4, -0.2) is 52.1 Å². The predicted octanol–water partition coefficient (Wildman–Crippen LogP) is 4.78. The molecule has 1 unspecified atom stereocenters. The van der Waals surface area contributed by atoms with Gasteiger partial charge in [0.25, 0.3) is 0 Å². The van der Waals surface area contributed by atoms with Gasteiger partial charge in [0.05, 0.1) is 17.6 Å². The van der Waals surface area contributed by atoms with E-state index in [0.29, 0.717) is 12.8 Å². The summed E-state index contributed by atoms with van der Waals surface area (Å²) in [5.41, 5.74) is 0.252. The molecule has 0 bridgehead atoms. The second-order valence-corrected chi connectivity index (χ2v) is 10.6. The van der Waals surface area contributed by atoms with Crippen molar-refractivity contribution >= 4 is 29.6 Å². The molecular weight excluding hydrogens is 510 g/mol. The molecule has 1 saturated heterocycles. The summed E-state index contributed by atoms with van der Waals surface area (Å²) in [7, 11) is 0. The number of nitrogens with zero attached hydrogens (tertiary/aromatic N) is 1. The third-order valence-electron chi connectivity index (χ3n) is 6.72. The lowest BCUT2D eigenvalue weighted by molar-refractivity contribution is -0.165. The molecule has 1 aliphatic rings.